The molecule has 0 radical (unpaired) electrons. The first kappa shape index (κ1) is 14.2. The number of hydrogen-bond acceptors (Lipinski definition) is 4. The van der Waals surface area contributed by atoms with E-state index in [1.807, 2.05) is 24.3 Å². The lowest BCUT2D eigenvalue weighted by Gasteiger charge is -2.38. The molecule has 2 N–H and O–H groups in total. The van der Waals surface area contributed by atoms with Crippen LogP contribution in [0.5, 0.6) is 0 Å². The average molecular weight is 336 g/mol. The van der Waals surface area contributed by atoms with Crippen LogP contribution < -0.4 is 5.32 Å². The van der Waals surface area contributed by atoms with Gasteiger partial charge in [-0.1, -0.05) is 12.1 Å². The van der Waals surface area contributed by atoms with Crippen molar-refractivity contribution in [1.82, 2.24) is 30.0 Å². The minimum atomic E-state index is -0.235. The molecule has 1 aromatic carbocycles. The van der Waals surface area contributed by atoms with Crippen LogP contribution in [0, 0.1) is 0 Å². The van der Waals surface area contributed by atoms with Crippen LogP contribution in [0.3, 0.4) is 0 Å². The lowest BCUT2D eigenvalue weighted by molar-refractivity contribution is 0.0591. The summed E-state index contributed by atoms with van der Waals surface area (Å²) in [6.07, 6.45) is 1.50. The maximum atomic E-state index is 12.7. The fraction of sp³-hybridized carbons (Fsp3) is 0.294. The molecule has 1 fully saturated rings. The normalized spacial score (nSPS) is 17.3. The lowest BCUT2D eigenvalue weighted by Crippen LogP contribution is -2.49. The SMILES string of the molecule is O=C1NCCn2ncc(C(=O)N3CC(c4nc5ccccc5[nH]4)C3)c21. The summed E-state index contributed by atoms with van der Waals surface area (Å²) in [4.78, 5) is 34.4. The molecule has 8 heteroatoms. The summed E-state index contributed by atoms with van der Waals surface area (Å²) in [6.45, 7) is 2.31. The number of fused-ring (bicyclic) bond motifs is 2. The second kappa shape index (κ2) is 5.17. The van der Waals surface area contributed by atoms with E-state index in [1.54, 1.807) is 9.58 Å². The highest BCUT2D eigenvalue weighted by molar-refractivity contribution is 6.06. The highest BCUT2D eigenvalue weighted by Gasteiger charge is 2.37. The van der Waals surface area contributed by atoms with Crippen molar-refractivity contribution in [3.63, 3.8) is 0 Å². The topological polar surface area (TPSA) is 95.9 Å². The number of carbonyl (C=O) groups is 2. The van der Waals surface area contributed by atoms with Crippen molar-refractivity contribution in [3.8, 4) is 0 Å². The van der Waals surface area contributed by atoms with Crippen LogP contribution in [0.15, 0.2) is 30.5 Å². The molecule has 2 amide bonds. The lowest BCUT2D eigenvalue weighted by atomic mass is 9.98. The zero-order valence-corrected chi connectivity index (χ0v) is 13.4. The molecular weight excluding hydrogens is 320 g/mol. The van der Waals surface area contributed by atoms with Gasteiger partial charge in [0.1, 0.15) is 11.5 Å². The van der Waals surface area contributed by atoms with E-state index >= 15 is 0 Å². The van der Waals surface area contributed by atoms with Gasteiger partial charge >= 0.3 is 0 Å². The molecule has 5 rings (SSSR count). The van der Waals surface area contributed by atoms with E-state index < -0.39 is 0 Å². The Balaban J connectivity index is 1.34. The van der Waals surface area contributed by atoms with Crippen LogP contribution in [-0.2, 0) is 6.54 Å². The third kappa shape index (κ3) is 2.14. The van der Waals surface area contributed by atoms with Crippen molar-refractivity contribution in [2.24, 2.45) is 0 Å². The Morgan fingerprint density at radius 1 is 1.24 bits per heavy atom. The number of imidazole rings is 1. The molecule has 2 aliphatic heterocycles. The first-order valence-corrected chi connectivity index (χ1v) is 8.28. The van der Waals surface area contributed by atoms with E-state index in [0.29, 0.717) is 37.4 Å². The van der Waals surface area contributed by atoms with Gasteiger partial charge in [-0.2, -0.15) is 5.10 Å². The molecule has 25 heavy (non-hydrogen) atoms. The first-order valence-electron chi connectivity index (χ1n) is 8.28. The highest BCUT2D eigenvalue weighted by Crippen LogP contribution is 2.28. The molecule has 2 aromatic heterocycles. The first-order chi connectivity index (χ1) is 12.2. The van der Waals surface area contributed by atoms with E-state index in [4.69, 9.17) is 0 Å². The molecule has 2 aliphatic rings. The maximum absolute atomic E-state index is 12.7. The third-order valence-corrected chi connectivity index (χ3v) is 4.86. The van der Waals surface area contributed by atoms with Crippen molar-refractivity contribution in [1.29, 1.82) is 0 Å². The van der Waals surface area contributed by atoms with Gasteiger partial charge in [0, 0.05) is 19.6 Å². The van der Waals surface area contributed by atoms with Gasteiger partial charge in [-0.3, -0.25) is 14.3 Å². The van der Waals surface area contributed by atoms with Crippen molar-refractivity contribution in [2.75, 3.05) is 19.6 Å². The summed E-state index contributed by atoms with van der Waals surface area (Å²) in [7, 11) is 0. The molecular formula is C17H16N6O2. The Hall–Kier alpha value is -3.16. The summed E-state index contributed by atoms with van der Waals surface area (Å²) in [5.41, 5.74) is 2.68. The molecule has 0 aliphatic carbocycles. The van der Waals surface area contributed by atoms with Crippen LogP contribution >= 0.6 is 0 Å². The number of carbonyl (C=O) groups excluding carboxylic acids is 2. The number of amides is 2. The Morgan fingerprint density at radius 3 is 2.92 bits per heavy atom. The van der Waals surface area contributed by atoms with E-state index in [0.717, 1.165) is 16.9 Å². The quantitative estimate of drug-likeness (QED) is 0.721. The summed E-state index contributed by atoms with van der Waals surface area (Å²) in [5.74, 6) is 0.712. The third-order valence-electron chi connectivity index (χ3n) is 4.86. The summed E-state index contributed by atoms with van der Waals surface area (Å²) in [6, 6.07) is 7.88. The number of nitrogens with zero attached hydrogens (tertiary/aromatic N) is 4. The fourth-order valence-corrected chi connectivity index (χ4v) is 3.46. The number of rotatable bonds is 2. The highest BCUT2D eigenvalue weighted by atomic mass is 16.2. The van der Waals surface area contributed by atoms with Crippen LogP contribution in [0.2, 0.25) is 0 Å². The Labute approximate surface area is 142 Å². The average Bonchev–Trinajstić information content (AvgIpc) is 3.17. The summed E-state index contributed by atoms with van der Waals surface area (Å²) in [5, 5.41) is 6.92. The van der Waals surface area contributed by atoms with Crippen LogP contribution in [0.1, 0.15) is 32.6 Å². The Bertz CT molecular complexity index is 965. The van der Waals surface area contributed by atoms with Crippen molar-refractivity contribution in [2.45, 2.75) is 12.5 Å². The molecule has 1 saturated heterocycles. The van der Waals surface area contributed by atoms with E-state index in [2.05, 4.69) is 20.4 Å². The van der Waals surface area contributed by atoms with E-state index in [-0.39, 0.29) is 17.7 Å². The van der Waals surface area contributed by atoms with Gasteiger partial charge in [0.25, 0.3) is 11.8 Å². The van der Waals surface area contributed by atoms with E-state index in [9.17, 15) is 9.59 Å². The van der Waals surface area contributed by atoms with Gasteiger partial charge in [-0.05, 0) is 12.1 Å². The number of para-hydroxylation sites is 2. The zero-order chi connectivity index (χ0) is 17.0. The maximum Gasteiger partial charge on any atom is 0.270 e. The smallest absolute Gasteiger partial charge is 0.270 e. The van der Waals surface area contributed by atoms with Crippen LogP contribution in [0.25, 0.3) is 11.0 Å². The second-order valence-corrected chi connectivity index (χ2v) is 6.43. The minimum absolute atomic E-state index is 0.148. The predicted octanol–water partition coefficient (Wildman–Crippen LogP) is 0.742. The van der Waals surface area contributed by atoms with Crippen LogP contribution in [-0.4, -0.2) is 56.1 Å². The number of likely N-dealkylation sites (tertiary alicyclic amines) is 1. The Kier molecular flexibility index (Phi) is 2.94. The fourth-order valence-electron chi connectivity index (χ4n) is 3.46. The van der Waals surface area contributed by atoms with E-state index in [1.165, 1.54) is 6.20 Å². The van der Waals surface area contributed by atoms with Crippen molar-refractivity contribution < 1.29 is 9.59 Å². The van der Waals surface area contributed by atoms with Gasteiger partial charge in [-0.15, -0.1) is 0 Å². The van der Waals surface area contributed by atoms with Gasteiger partial charge in [0.2, 0.25) is 0 Å². The number of benzene rings is 1. The monoisotopic (exact) mass is 336 g/mol. The molecule has 0 spiro atoms. The van der Waals surface area contributed by atoms with Gasteiger partial charge in [0.15, 0.2) is 0 Å². The zero-order valence-electron chi connectivity index (χ0n) is 13.4. The molecule has 8 nitrogen and oxygen atoms in total. The standard InChI is InChI=1S/C17H16N6O2/c24-16-14-11(7-19-23(14)6-5-18-16)17(25)22-8-10(9-22)15-20-12-3-1-2-4-13(12)21-15/h1-4,7,10H,5-6,8-9H2,(H,18,24)(H,20,21). The summed E-state index contributed by atoms with van der Waals surface area (Å²) < 4.78 is 1.60. The largest absolute Gasteiger partial charge is 0.349 e. The predicted molar refractivity (Wildman–Crippen MR) is 89.3 cm³/mol. The van der Waals surface area contributed by atoms with Crippen LogP contribution in [0.4, 0.5) is 0 Å². The molecule has 126 valence electrons. The summed E-state index contributed by atoms with van der Waals surface area (Å²) >= 11 is 0. The minimum Gasteiger partial charge on any atom is -0.349 e. The molecule has 0 bridgehead atoms. The molecule has 3 aromatic rings. The number of aromatic nitrogens is 4. The van der Waals surface area contributed by atoms with Crippen molar-refractivity contribution >= 4 is 22.8 Å². The number of hydrogen-bond donors (Lipinski definition) is 2. The molecule has 0 unspecified atom stereocenters. The number of H-pyrrole nitrogens is 1. The van der Waals surface area contributed by atoms with Crippen molar-refractivity contribution in [3.05, 3.63) is 47.5 Å². The van der Waals surface area contributed by atoms with Gasteiger partial charge < -0.3 is 15.2 Å². The molecule has 0 saturated carbocycles. The van der Waals surface area contributed by atoms with Gasteiger partial charge in [0.05, 0.1) is 35.3 Å². The molecule has 0 atom stereocenters. The Morgan fingerprint density at radius 2 is 2.08 bits per heavy atom. The van der Waals surface area contributed by atoms with Gasteiger partial charge in [-0.25, -0.2) is 4.98 Å². The molecule has 4 heterocycles. The number of aromatic amines is 1. The number of nitrogens with one attached hydrogen (secondary N) is 2. The second-order valence-electron chi connectivity index (χ2n) is 6.43.